The number of ether oxygens (including phenoxy) is 1. The van der Waals surface area contributed by atoms with Crippen LogP contribution in [0.1, 0.15) is 67.5 Å². The first-order chi connectivity index (χ1) is 18.2. The molecule has 1 N–H and O–H groups in total. The van der Waals surface area contributed by atoms with Crippen LogP contribution < -0.4 is 4.74 Å². The van der Waals surface area contributed by atoms with Crippen molar-refractivity contribution in [3.63, 3.8) is 0 Å². The van der Waals surface area contributed by atoms with Crippen molar-refractivity contribution >= 4 is 17.6 Å². The number of nitrogens with zero attached hydrogens (tertiary/aromatic N) is 1. The fraction of sp³-hybridized carbons (Fsp3) is 0.294. The van der Waals surface area contributed by atoms with E-state index in [4.69, 9.17) is 4.74 Å². The highest BCUT2D eigenvalue weighted by molar-refractivity contribution is 5.99. The number of carbonyl (C=O) groups is 1. The van der Waals surface area contributed by atoms with Gasteiger partial charge in [-0.1, -0.05) is 62.4 Å². The Bertz CT molecular complexity index is 1410. The van der Waals surface area contributed by atoms with Crippen LogP contribution in [-0.2, 0) is 16.8 Å². The molecule has 38 heavy (non-hydrogen) atoms. The average Bonchev–Trinajstić information content (AvgIpc) is 2.91. The zero-order chi connectivity index (χ0) is 27.3. The van der Waals surface area contributed by atoms with Crippen LogP contribution in [0, 0.1) is 12.8 Å². The molecular formula is C34H37NO3. The van der Waals surface area contributed by atoms with Gasteiger partial charge in [-0.15, -0.1) is 0 Å². The van der Waals surface area contributed by atoms with E-state index in [9.17, 15) is 9.90 Å². The molecule has 2 unspecified atom stereocenters. The Morgan fingerprint density at radius 3 is 2.61 bits per heavy atom. The topological polar surface area (TPSA) is 58.9 Å². The molecule has 196 valence electrons. The standard InChI is InChI=1S/C34H37NO3/c1-6-23(2)21-35-22-25(4)34(37)29-11-8-12-31(19-29)38-16-15-27-9-7-10-28(18-27)33(17-26(5)36)32-20-30(34)14-13-24(32)3/h7-14,17-23,37H,6,15-16H2,1-5H3/b25-22+,33-17-,35-21?. The highest BCUT2D eigenvalue weighted by Crippen LogP contribution is 2.40. The maximum Gasteiger partial charge on any atom is 0.153 e. The first-order valence-electron chi connectivity index (χ1n) is 13.3. The first-order valence-corrected chi connectivity index (χ1v) is 13.3. The van der Waals surface area contributed by atoms with E-state index in [0.29, 0.717) is 35.0 Å². The molecule has 3 aromatic rings. The summed E-state index contributed by atoms with van der Waals surface area (Å²) in [6.45, 7) is 10.2. The zero-order valence-electron chi connectivity index (χ0n) is 23.0. The largest absolute Gasteiger partial charge is 0.493 e. The molecule has 3 aromatic carbocycles. The number of rotatable bonds is 5. The second-order valence-electron chi connectivity index (χ2n) is 10.2. The van der Waals surface area contributed by atoms with Crippen LogP contribution in [0.3, 0.4) is 0 Å². The van der Waals surface area contributed by atoms with Gasteiger partial charge in [0.15, 0.2) is 5.78 Å². The van der Waals surface area contributed by atoms with E-state index in [2.05, 4.69) is 31.0 Å². The van der Waals surface area contributed by atoms with Crippen LogP contribution in [0.2, 0.25) is 0 Å². The van der Waals surface area contributed by atoms with Crippen molar-refractivity contribution in [3.8, 4) is 5.75 Å². The number of aliphatic imine (C=N–C) groups is 1. The highest BCUT2D eigenvalue weighted by Gasteiger charge is 2.35. The third-order valence-corrected chi connectivity index (χ3v) is 7.27. The Labute approximate surface area is 226 Å². The molecule has 0 aliphatic carbocycles. The number of carbonyl (C=O) groups excluding carboxylic acids is 1. The van der Waals surface area contributed by atoms with Gasteiger partial charge in [0, 0.05) is 18.8 Å². The Balaban J connectivity index is 2.00. The second kappa shape index (κ2) is 11.7. The van der Waals surface area contributed by atoms with Gasteiger partial charge in [0.1, 0.15) is 11.4 Å². The van der Waals surface area contributed by atoms with E-state index in [-0.39, 0.29) is 5.78 Å². The summed E-state index contributed by atoms with van der Waals surface area (Å²) in [5, 5.41) is 12.5. The summed E-state index contributed by atoms with van der Waals surface area (Å²) in [5.74, 6) is 1.02. The maximum atomic E-state index is 12.5. The lowest BCUT2D eigenvalue weighted by atomic mass is 9.78. The van der Waals surface area contributed by atoms with Crippen molar-refractivity contribution in [2.24, 2.45) is 10.9 Å². The van der Waals surface area contributed by atoms with Crippen LogP contribution >= 0.6 is 0 Å². The normalized spacial score (nSPS) is 19.6. The van der Waals surface area contributed by atoms with Gasteiger partial charge in [0.2, 0.25) is 0 Å². The van der Waals surface area contributed by atoms with Crippen molar-refractivity contribution in [1.82, 2.24) is 0 Å². The minimum atomic E-state index is -1.46. The summed E-state index contributed by atoms with van der Waals surface area (Å²) in [5.41, 5.74) is 5.50. The fourth-order valence-corrected chi connectivity index (χ4v) is 4.77. The smallest absolute Gasteiger partial charge is 0.153 e. The summed E-state index contributed by atoms with van der Waals surface area (Å²) >= 11 is 0. The number of allylic oxidation sites excluding steroid dienone is 1. The van der Waals surface area contributed by atoms with E-state index >= 15 is 0 Å². The molecule has 4 nitrogen and oxygen atoms in total. The van der Waals surface area contributed by atoms with Gasteiger partial charge >= 0.3 is 0 Å². The van der Waals surface area contributed by atoms with Gasteiger partial charge in [0.25, 0.3) is 0 Å². The lowest BCUT2D eigenvalue weighted by Crippen LogP contribution is -2.29. The van der Waals surface area contributed by atoms with Crippen LogP contribution in [0.5, 0.6) is 5.75 Å². The monoisotopic (exact) mass is 507 g/mol. The van der Waals surface area contributed by atoms with E-state index in [1.165, 1.54) is 0 Å². The lowest BCUT2D eigenvalue weighted by molar-refractivity contribution is -0.112. The molecule has 1 heterocycles. The third kappa shape index (κ3) is 5.87. The minimum absolute atomic E-state index is 0.0296. The molecule has 0 fully saturated rings. The zero-order valence-corrected chi connectivity index (χ0v) is 23.0. The molecule has 0 radical (unpaired) electrons. The first kappa shape index (κ1) is 27.3. The van der Waals surface area contributed by atoms with Crippen molar-refractivity contribution in [2.45, 2.75) is 53.1 Å². The summed E-state index contributed by atoms with van der Waals surface area (Å²) in [4.78, 5) is 16.9. The van der Waals surface area contributed by atoms with Gasteiger partial charge in [0.05, 0.1) is 6.61 Å². The summed E-state index contributed by atoms with van der Waals surface area (Å²) in [6, 6.07) is 21.9. The molecule has 0 saturated carbocycles. The Morgan fingerprint density at radius 1 is 1.08 bits per heavy atom. The number of hydrogen-bond acceptors (Lipinski definition) is 4. The molecule has 4 rings (SSSR count). The molecule has 1 aliphatic heterocycles. The maximum absolute atomic E-state index is 12.5. The molecule has 4 heteroatoms. The SMILES string of the molecule is CCC(C)C=N/C=C(\C)C1(O)c2cccc(c2)OCCc2cccc(c2)/C(=C/C(C)=O)c2cc1ccc2C. The van der Waals surface area contributed by atoms with E-state index in [1.54, 1.807) is 19.2 Å². The number of fused-ring (bicyclic) bond motifs is 6. The number of ketones is 1. The van der Waals surface area contributed by atoms with Crippen LogP contribution in [0.4, 0.5) is 0 Å². The van der Waals surface area contributed by atoms with Gasteiger partial charge in [-0.25, -0.2) is 0 Å². The molecule has 0 aromatic heterocycles. The van der Waals surface area contributed by atoms with E-state index in [0.717, 1.165) is 40.7 Å². The number of aliphatic hydroxyl groups is 1. The molecular weight excluding hydrogens is 470 g/mol. The third-order valence-electron chi connectivity index (χ3n) is 7.27. The highest BCUT2D eigenvalue weighted by atomic mass is 16.5. The number of hydrogen-bond donors (Lipinski definition) is 1. The van der Waals surface area contributed by atoms with Crippen molar-refractivity contribution in [1.29, 1.82) is 0 Å². The molecule has 0 saturated heterocycles. The molecule has 1 aliphatic rings. The summed E-state index contributed by atoms with van der Waals surface area (Å²) in [7, 11) is 0. The van der Waals surface area contributed by atoms with Crippen LogP contribution in [0.25, 0.3) is 5.57 Å². The molecule has 2 atom stereocenters. The lowest BCUT2D eigenvalue weighted by Gasteiger charge is -2.31. The van der Waals surface area contributed by atoms with Gasteiger partial charge < -0.3 is 9.84 Å². The fourth-order valence-electron chi connectivity index (χ4n) is 4.77. The van der Waals surface area contributed by atoms with Gasteiger partial charge in [-0.3, -0.25) is 9.79 Å². The Kier molecular flexibility index (Phi) is 8.43. The van der Waals surface area contributed by atoms with Crippen LogP contribution in [-0.4, -0.2) is 23.7 Å². The van der Waals surface area contributed by atoms with E-state index in [1.807, 2.05) is 74.7 Å². The van der Waals surface area contributed by atoms with Gasteiger partial charge in [-0.05, 0) is 102 Å². The average molecular weight is 508 g/mol. The quantitative estimate of drug-likeness (QED) is 0.293. The predicted molar refractivity (Wildman–Crippen MR) is 156 cm³/mol. The van der Waals surface area contributed by atoms with Crippen molar-refractivity contribution in [3.05, 3.63) is 118 Å². The Morgan fingerprint density at radius 2 is 1.84 bits per heavy atom. The summed E-state index contributed by atoms with van der Waals surface area (Å²) < 4.78 is 6.13. The predicted octanol–water partition coefficient (Wildman–Crippen LogP) is 7.21. The molecule has 6 bridgehead atoms. The van der Waals surface area contributed by atoms with Crippen LogP contribution in [0.15, 0.2) is 89.6 Å². The number of aryl methyl sites for hydroxylation is 1. The second-order valence-corrected chi connectivity index (χ2v) is 10.2. The van der Waals surface area contributed by atoms with E-state index < -0.39 is 5.60 Å². The van der Waals surface area contributed by atoms with Crippen molar-refractivity contribution < 1.29 is 14.6 Å². The number of benzene rings is 3. The molecule has 0 amide bonds. The Hall–Kier alpha value is -3.76. The van der Waals surface area contributed by atoms with Gasteiger partial charge in [-0.2, -0.15) is 0 Å². The molecule has 0 spiro atoms. The van der Waals surface area contributed by atoms with Crippen molar-refractivity contribution in [2.75, 3.05) is 6.61 Å². The summed E-state index contributed by atoms with van der Waals surface area (Å²) in [6.07, 6.45) is 7.06. The minimum Gasteiger partial charge on any atom is -0.493 e.